The molecular formula is C24H26N6O5S. The van der Waals surface area contributed by atoms with Crippen molar-refractivity contribution >= 4 is 40.3 Å². The van der Waals surface area contributed by atoms with E-state index in [0.717, 1.165) is 5.56 Å². The van der Waals surface area contributed by atoms with Gasteiger partial charge in [-0.1, -0.05) is 36.4 Å². The molecule has 3 rings (SSSR count). The average Bonchev–Trinajstić information content (AvgIpc) is 3.29. The molecule has 12 heteroatoms. The number of hydrogen-bond acceptors (Lipinski definition) is 7. The quantitative estimate of drug-likeness (QED) is 0.264. The molecule has 2 heterocycles. The normalized spacial score (nSPS) is 12.1. The maximum absolute atomic E-state index is 12.6. The van der Waals surface area contributed by atoms with Crippen LogP contribution in [0.2, 0.25) is 0 Å². The zero-order valence-electron chi connectivity index (χ0n) is 19.4. The van der Waals surface area contributed by atoms with Crippen molar-refractivity contribution in [3.63, 3.8) is 0 Å². The number of amides is 4. The van der Waals surface area contributed by atoms with E-state index in [4.69, 9.17) is 5.11 Å². The van der Waals surface area contributed by atoms with E-state index >= 15 is 0 Å². The van der Waals surface area contributed by atoms with Gasteiger partial charge in [-0.2, -0.15) is 0 Å². The lowest BCUT2D eigenvalue weighted by atomic mass is 10.1. The van der Waals surface area contributed by atoms with E-state index in [1.807, 2.05) is 30.3 Å². The number of aromatic nitrogens is 2. The van der Waals surface area contributed by atoms with Crippen molar-refractivity contribution in [1.82, 2.24) is 25.9 Å². The van der Waals surface area contributed by atoms with Gasteiger partial charge < -0.3 is 21.1 Å². The molecule has 36 heavy (non-hydrogen) atoms. The number of carboxylic acid groups (broad SMARTS) is 1. The van der Waals surface area contributed by atoms with Gasteiger partial charge in [0, 0.05) is 24.3 Å². The standard InChI is InChI=1S/C24H26N6O5S/c1-15(22(34)29-19(11-21(32)33)17-8-5-9-25-13-17)27-20(31)10-18-14-36-24(28-18)30-23(35)26-12-16-6-3-2-4-7-16/h2-9,13-15,19H,10-12H2,1H3,(H,27,31)(H,29,34)(H,32,33)(H2,26,28,30,35)/t15-,19?/m1/s1. The van der Waals surface area contributed by atoms with Crippen molar-refractivity contribution in [2.24, 2.45) is 0 Å². The van der Waals surface area contributed by atoms with E-state index in [0.29, 0.717) is 22.9 Å². The zero-order valence-corrected chi connectivity index (χ0v) is 20.2. The van der Waals surface area contributed by atoms with Gasteiger partial charge in [0.2, 0.25) is 11.8 Å². The molecule has 0 aliphatic rings. The first-order valence-electron chi connectivity index (χ1n) is 11.0. The second kappa shape index (κ2) is 13.0. The van der Waals surface area contributed by atoms with E-state index in [2.05, 4.69) is 31.2 Å². The Labute approximate surface area is 211 Å². The van der Waals surface area contributed by atoms with Crippen LogP contribution in [0.15, 0.2) is 60.2 Å². The molecule has 3 aromatic rings. The van der Waals surface area contributed by atoms with Crippen molar-refractivity contribution < 1.29 is 24.3 Å². The maximum atomic E-state index is 12.6. The summed E-state index contributed by atoms with van der Waals surface area (Å²) in [5.74, 6) is -2.06. The molecule has 0 saturated heterocycles. The minimum atomic E-state index is -1.08. The lowest BCUT2D eigenvalue weighted by Crippen LogP contribution is -2.46. The fourth-order valence-electron chi connectivity index (χ4n) is 3.19. The molecule has 4 amide bonds. The van der Waals surface area contributed by atoms with Gasteiger partial charge in [0.05, 0.1) is 24.6 Å². The molecule has 0 aliphatic carbocycles. The Morgan fingerprint density at radius 3 is 2.53 bits per heavy atom. The number of urea groups is 1. The number of pyridine rings is 1. The third kappa shape index (κ3) is 8.47. The molecule has 2 atom stereocenters. The van der Waals surface area contributed by atoms with Crippen molar-refractivity contribution in [2.75, 3.05) is 5.32 Å². The van der Waals surface area contributed by atoms with Crippen LogP contribution in [0, 0.1) is 0 Å². The molecule has 0 aliphatic heterocycles. The molecule has 0 saturated carbocycles. The summed E-state index contributed by atoms with van der Waals surface area (Å²) in [4.78, 5) is 56.5. The molecule has 0 fully saturated rings. The van der Waals surface area contributed by atoms with Gasteiger partial charge in [-0.25, -0.2) is 9.78 Å². The Morgan fingerprint density at radius 2 is 1.83 bits per heavy atom. The van der Waals surface area contributed by atoms with Gasteiger partial charge in [0.1, 0.15) is 6.04 Å². The first-order valence-corrected chi connectivity index (χ1v) is 11.9. The number of carbonyl (C=O) groups is 4. The highest BCUT2D eigenvalue weighted by Gasteiger charge is 2.23. The Kier molecular flexibility index (Phi) is 9.46. The predicted octanol–water partition coefficient (Wildman–Crippen LogP) is 2.24. The summed E-state index contributed by atoms with van der Waals surface area (Å²) in [6.07, 6.45) is 2.60. The number of carbonyl (C=O) groups excluding carboxylic acids is 3. The lowest BCUT2D eigenvalue weighted by Gasteiger charge is -2.20. The van der Waals surface area contributed by atoms with Crippen LogP contribution in [0.25, 0.3) is 0 Å². The van der Waals surface area contributed by atoms with E-state index < -0.39 is 35.9 Å². The molecule has 5 N–H and O–H groups in total. The highest BCUT2D eigenvalue weighted by Crippen LogP contribution is 2.17. The van der Waals surface area contributed by atoms with Gasteiger partial charge in [-0.15, -0.1) is 11.3 Å². The Bertz CT molecular complexity index is 1190. The SMILES string of the molecule is C[C@@H](NC(=O)Cc1csc(NC(=O)NCc2ccccc2)n1)C(=O)NC(CC(=O)O)c1cccnc1. The molecule has 0 spiro atoms. The number of thiazole rings is 1. The van der Waals surface area contributed by atoms with Crippen LogP contribution >= 0.6 is 11.3 Å². The number of nitrogens with zero attached hydrogens (tertiary/aromatic N) is 2. The van der Waals surface area contributed by atoms with Gasteiger partial charge in [-0.3, -0.25) is 24.7 Å². The second-order valence-electron chi connectivity index (χ2n) is 7.85. The minimum absolute atomic E-state index is 0.0946. The largest absolute Gasteiger partial charge is 0.481 e. The number of benzene rings is 1. The molecule has 11 nitrogen and oxygen atoms in total. The monoisotopic (exact) mass is 510 g/mol. The Morgan fingerprint density at radius 1 is 1.06 bits per heavy atom. The Balaban J connectivity index is 1.46. The summed E-state index contributed by atoms with van der Waals surface area (Å²) in [7, 11) is 0. The zero-order chi connectivity index (χ0) is 25.9. The van der Waals surface area contributed by atoms with Gasteiger partial charge >= 0.3 is 12.0 Å². The smallest absolute Gasteiger partial charge is 0.321 e. The second-order valence-corrected chi connectivity index (χ2v) is 8.71. The summed E-state index contributed by atoms with van der Waals surface area (Å²) >= 11 is 1.17. The van der Waals surface area contributed by atoms with Gasteiger partial charge in [0.15, 0.2) is 5.13 Å². The van der Waals surface area contributed by atoms with E-state index in [9.17, 15) is 19.2 Å². The number of hydrogen-bond donors (Lipinski definition) is 5. The van der Waals surface area contributed by atoms with Crippen LogP contribution in [-0.2, 0) is 27.3 Å². The van der Waals surface area contributed by atoms with Crippen LogP contribution < -0.4 is 21.3 Å². The topological polar surface area (TPSA) is 162 Å². The highest BCUT2D eigenvalue weighted by atomic mass is 32.1. The third-order valence-electron chi connectivity index (χ3n) is 4.96. The van der Waals surface area contributed by atoms with E-state index in [-0.39, 0.29) is 12.8 Å². The molecule has 1 aromatic carbocycles. The van der Waals surface area contributed by atoms with E-state index in [1.54, 1.807) is 23.7 Å². The number of anilines is 1. The van der Waals surface area contributed by atoms with Crippen molar-refractivity contribution in [3.8, 4) is 0 Å². The minimum Gasteiger partial charge on any atom is -0.481 e. The lowest BCUT2D eigenvalue weighted by molar-refractivity contribution is -0.138. The van der Waals surface area contributed by atoms with Crippen molar-refractivity contribution in [2.45, 2.75) is 38.4 Å². The van der Waals surface area contributed by atoms with Crippen LogP contribution in [0.1, 0.15) is 36.2 Å². The van der Waals surface area contributed by atoms with Crippen LogP contribution in [0.4, 0.5) is 9.93 Å². The van der Waals surface area contributed by atoms with Gasteiger partial charge in [-0.05, 0) is 24.1 Å². The summed E-state index contributed by atoms with van der Waals surface area (Å²) in [5, 5.41) is 21.7. The third-order valence-corrected chi connectivity index (χ3v) is 5.77. The summed E-state index contributed by atoms with van der Waals surface area (Å²) in [6, 6.07) is 10.6. The predicted molar refractivity (Wildman–Crippen MR) is 133 cm³/mol. The fraction of sp³-hybridized carbons (Fsp3) is 0.250. The van der Waals surface area contributed by atoms with Gasteiger partial charge in [0.25, 0.3) is 0 Å². The van der Waals surface area contributed by atoms with Crippen LogP contribution in [0.5, 0.6) is 0 Å². The number of rotatable bonds is 11. The molecule has 1 unspecified atom stereocenters. The summed E-state index contributed by atoms with van der Waals surface area (Å²) < 4.78 is 0. The molecule has 0 radical (unpaired) electrons. The first kappa shape index (κ1) is 26.3. The maximum Gasteiger partial charge on any atom is 0.321 e. The summed E-state index contributed by atoms with van der Waals surface area (Å²) in [5.41, 5.74) is 1.93. The van der Waals surface area contributed by atoms with Crippen LogP contribution in [-0.4, -0.2) is 44.9 Å². The Hall–Kier alpha value is -4.32. The number of nitrogens with one attached hydrogen (secondary N) is 4. The molecule has 2 aromatic heterocycles. The summed E-state index contributed by atoms with van der Waals surface area (Å²) in [6.45, 7) is 1.86. The number of carboxylic acids is 1. The average molecular weight is 511 g/mol. The first-order chi connectivity index (χ1) is 17.3. The molecule has 0 bridgehead atoms. The van der Waals surface area contributed by atoms with Crippen LogP contribution in [0.3, 0.4) is 0 Å². The van der Waals surface area contributed by atoms with Crippen molar-refractivity contribution in [1.29, 1.82) is 0 Å². The fourth-order valence-corrected chi connectivity index (χ4v) is 3.90. The number of aliphatic carboxylic acids is 1. The van der Waals surface area contributed by atoms with E-state index in [1.165, 1.54) is 24.5 Å². The molecular weight excluding hydrogens is 484 g/mol. The molecule has 188 valence electrons. The highest BCUT2D eigenvalue weighted by molar-refractivity contribution is 7.13. The van der Waals surface area contributed by atoms with Crippen molar-refractivity contribution in [3.05, 3.63) is 77.1 Å².